The van der Waals surface area contributed by atoms with Crippen LogP contribution in [0.5, 0.6) is 0 Å². The Morgan fingerprint density at radius 1 is 1.18 bits per heavy atom. The van der Waals surface area contributed by atoms with Gasteiger partial charge in [-0.3, -0.25) is 0 Å². The van der Waals surface area contributed by atoms with Crippen LogP contribution in [0.2, 0.25) is 0 Å². The van der Waals surface area contributed by atoms with Crippen LogP contribution in [0.25, 0.3) is 11.0 Å². The number of nitrogens with zero attached hydrogens (tertiary/aromatic N) is 2. The second-order valence-electron chi connectivity index (χ2n) is 5.06. The molecule has 0 unspecified atom stereocenters. The lowest BCUT2D eigenvalue weighted by atomic mass is 10.1. The summed E-state index contributed by atoms with van der Waals surface area (Å²) < 4.78 is 7.43. The molecule has 112 valence electrons. The van der Waals surface area contributed by atoms with Gasteiger partial charge in [0.05, 0.1) is 17.6 Å². The SMILES string of the molecule is COCc1nc2ccccc2n1Cc1ccccc1C(N)=S. The molecule has 0 bridgehead atoms. The van der Waals surface area contributed by atoms with Crippen LogP contribution in [0.4, 0.5) is 0 Å². The van der Waals surface area contributed by atoms with E-state index in [2.05, 4.69) is 15.6 Å². The van der Waals surface area contributed by atoms with Crippen LogP contribution in [0, 0.1) is 0 Å². The maximum absolute atomic E-state index is 5.83. The van der Waals surface area contributed by atoms with Gasteiger partial charge in [-0.1, -0.05) is 48.6 Å². The molecule has 3 aromatic rings. The van der Waals surface area contributed by atoms with E-state index in [0.717, 1.165) is 28.0 Å². The van der Waals surface area contributed by atoms with E-state index in [4.69, 9.17) is 22.7 Å². The van der Waals surface area contributed by atoms with Gasteiger partial charge in [-0.05, 0) is 17.7 Å². The lowest BCUT2D eigenvalue weighted by molar-refractivity contribution is 0.175. The zero-order valence-electron chi connectivity index (χ0n) is 12.3. The molecule has 3 rings (SSSR count). The van der Waals surface area contributed by atoms with Gasteiger partial charge in [-0.2, -0.15) is 0 Å². The highest BCUT2D eigenvalue weighted by molar-refractivity contribution is 7.80. The molecule has 5 heteroatoms. The molecule has 0 aliphatic heterocycles. The lowest BCUT2D eigenvalue weighted by Crippen LogP contribution is -2.15. The van der Waals surface area contributed by atoms with E-state index in [9.17, 15) is 0 Å². The van der Waals surface area contributed by atoms with Crippen LogP contribution in [-0.2, 0) is 17.9 Å². The molecular formula is C17H17N3OS. The van der Waals surface area contributed by atoms with Crippen LogP contribution >= 0.6 is 12.2 Å². The van der Waals surface area contributed by atoms with Crippen molar-refractivity contribution in [3.05, 3.63) is 65.5 Å². The van der Waals surface area contributed by atoms with Gasteiger partial charge in [-0.25, -0.2) is 4.98 Å². The van der Waals surface area contributed by atoms with Gasteiger partial charge in [-0.15, -0.1) is 0 Å². The summed E-state index contributed by atoms with van der Waals surface area (Å²) in [4.78, 5) is 5.06. The quantitative estimate of drug-likeness (QED) is 0.736. The number of thiocarbonyl (C=S) groups is 1. The molecule has 0 fully saturated rings. The number of fused-ring (bicyclic) bond motifs is 1. The van der Waals surface area contributed by atoms with Gasteiger partial charge in [0, 0.05) is 12.7 Å². The number of hydrogen-bond acceptors (Lipinski definition) is 3. The summed E-state index contributed by atoms with van der Waals surface area (Å²) in [5.74, 6) is 0.890. The summed E-state index contributed by atoms with van der Waals surface area (Å²) in [5.41, 5.74) is 9.85. The molecule has 0 amide bonds. The van der Waals surface area contributed by atoms with E-state index in [1.165, 1.54) is 0 Å². The van der Waals surface area contributed by atoms with Crippen LogP contribution in [0.15, 0.2) is 48.5 Å². The fourth-order valence-corrected chi connectivity index (χ4v) is 2.81. The van der Waals surface area contributed by atoms with Crippen molar-refractivity contribution < 1.29 is 4.74 Å². The number of para-hydroxylation sites is 2. The maximum atomic E-state index is 5.83. The number of benzene rings is 2. The monoisotopic (exact) mass is 311 g/mol. The fourth-order valence-electron chi connectivity index (χ4n) is 2.61. The minimum absolute atomic E-state index is 0.410. The Kier molecular flexibility index (Phi) is 4.18. The third-order valence-electron chi connectivity index (χ3n) is 3.62. The van der Waals surface area contributed by atoms with Crippen molar-refractivity contribution in [2.24, 2.45) is 5.73 Å². The molecule has 2 N–H and O–H groups in total. The summed E-state index contributed by atoms with van der Waals surface area (Å²) >= 11 is 5.15. The van der Waals surface area contributed by atoms with E-state index in [0.29, 0.717) is 18.1 Å². The molecule has 1 heterocycles. The van der Waals surface area contributed by atoms with Crippen LogP contribution < -0.4 is 5.73 Å². The average molecular weight is 311 g/mol. The minimum atomic E-state index is 0.410. The molecule has 0 saturated carbocycles. The van der Waals surface area contributed by atoms with Crippen molar-refractivity contribution in [2.45, 2.75) is 13.2 Å². The molecular weight excluding hydrogens is 294 g/mol. The van der Waals surface area contributed by atoms with E-state index < -0.39 is 0 Å². The Morgan fingerprint density at radius 2 is 1.91 bits per heavy atom. The molecule has 2 aromatic carbocycles. The van der Waals surface area contributed by atoms with Crippen LogP contribution in [0.1, 0.15) is 17.0 Å². The Hall–Kier alpha value is -2.24. The first-order valence-electron chi connectivity index (χ1n) is 7.01. The van der Waals surface area contributed by atoms with Crippen molar-refractivity contribution in [1.82, 2.24) is 9.55 Å². The number of methoxy groups -OCH3 is 1. The van der Waals surface area contributed by atoms with Crippen molar-refractivity contribution in [3.63, 3.8) is 0 Å². The zero-order chi connectivity index (χ0) is 15.5. The van der Waals surface area contributed by atoms with Gasteiger partial charge in [0.25, 0.3) is 0 Å². The molecule has 0 aliphatic rings. The first kappa shape index (κ1) is 14.7. The maximum Gasteiger partial charge on any atom is 0.136 e. The fraction of sp³-hybridized carbons (Fsp3) is 0.176. The highest BCUT2D eigenvalue weighted by Crippen LogP contribution is 2.20. The first-order chi connectivity index (χ1) is 10.7. The molecule has 0 radical (unpaired) electrons. The van der Waals surface area contributed by atoms with E-state index >= 15 is 0 Å². The Bertz CT molecular complexity index is 826. The molecule has 0 spiro atoms. The predicted molar refractivity (Wildman–Crippen MR) is 91.9 cm³/mol. The highest BCUT2D eigenvalue weighted by Gasteiger charge is 2.12. The van der Waals surface area contributed by atoms with Crippen molar-refractivity contribution in [2.75, 3.05) is 7.11 Å². The number of aromatic nitrogens is 2. The Morgan fingerprint density at radius 3 is 2.68 bits per heavy atom. The van der Waals surface area contributed by atoms with Gasteiger partial charge in [0.15, 0.2) is 0 Å². The summed E-state index contributed by atoms with van der Waals surface area (Å²) in [6.07, 6.45) is 0. The molecule has 0 atom stereocenters. The van der Waals surface area contributed by atoms with E-state index in [-0.39, 0.29) is 0 Å². The van der Waals surface area contributed by atoms with Gasteiger partial charge >= 0.3 is 0 Å². The van der Waals surface area contributed by atoms with Crippen molar-refractivity contribution in [1.29, 1.82) is 0 Å². The van der Waals surface area contributed by atoms with Crippen LogP contribution in [0.3, 0.4) is 0 Å². The third kappa shape index (κ3) is 2.73. The zero-order valence-corrected chi connectivity index (χ0v) is 13.1. The van der Waals surface area contributed by atoms with E-state index in [1.54, 1.807) is 7.11 Å². The van der Waals surface area contributed by atoms with Crippen molar-refractivity contribution in [3.8, 4) is 0 Å². The molecule has 0 aliphatic carbocycles. The number of nitrogens with two attached hydrogens (primary N) is 1. The van der Waals surface area contributed by atoms with Crippen LogP contribution in [-0.4, -0.2) is 21.6 Å². The number of imidazole rings is 1. The molecule has 1 aromatic heterocycles. The van der Waals surface area contributed by atoms with E-state index in [1.807, 2.05) is 42.5 Å². The number of ether oxygens (including phenoxy) is 1. The lowest BCUT2D eigenvalue weighted by Gasteiger charge is -2.12. The Labute approximate surface area is 134 Å². The smallest absolute Gasteiger partial charge is 0.136 e. The average Bonchev–Trinajstić information content (AvgIpc) is 2.86. The predicted octanol–water partition coefficient (Wildman–Crippen LogP) is 2.87. The van der Waals surface area contributed by atoms with Gasteiger partial charge < -0.3 is 15.0 Å². The summed E-state index contributed by atoms with van der Waals surface area (Å²) in [6.45, 7) is 1.12. The van der Waals surface area contributed by atoms with Gasteiger partial charge in [0.1, 0.15) is 17.4 Å². The first-order valence-corrected chi connectivity index (χ1v) is 7.42. The highest BCUT2D eigenvalue weighted by atomic mass is 32.1. The largest absolute Gasteiger partial charge is 0.389 e. The molecule has 4 nitrogen and oxygen atoms in total. The van der Waals surface area contributed by atoms with Gasteiger partial charge in [0.2, 0.25) is 0 Å². The topological polar surface area (TPSA) is 53.1 Å². The standard InChI is InChI=1S/C17H17N3OS/c1-21-11-16-19-14-8-4-5-9-15(14)20(16)10-12-6-2-3-7-13(12)17(18)22/h2-9H,10-11H2,1H3,(H2,18,22). The molecule has 22 heavy (non-hydrogen) atoms. The normalized spacial score (nSPS) is 11.0. The summed E-state index contributed by atoms with van der Waals surface area (Å²) in [6, 6.07) is 16.0. The minimum Gasteiger partial charge on any atom is -0.389 e. The second-order valence-corrected chi connectivity index (χ2v) is 5.50. The molecule has 0 saturated heterocycles. The third-order valence-corrected chi connectivity index (χ3v) is 3.84. The number of hydrogen-bond donors (Lipinski definition) is 1. The summed E-state index contributed by atoms with van der Waals surface area (Å²) in [5, 5.41) is 0. The number of rotatable bonds is 5. The second kappa shape index (κ2) is 6.25. The van der Waals surface area contributed by atoms with Crippen molar-refractivity contribution >= 4 is 28.2 Å². The summed E-state index contributed by atoms with van der Waals surface area (Å²) in [7, 11) is 1.67. The Balaban J connectivity index is 2.10.